The van der Waals surface area contributed by atoms with E-state index in [1.54, 1.807) is 36.9 Å². The zero-order chi connectivity index (χ0) is 31.2. The summed E-state index contributed by atoms with van der Waals surface area (Å²) in [6.07, 6.45) is 2.55. The summed E-state index contributed by atoms with van der Waals surface area (Å²) in [4.78, 5) is 40.2. The van der Waals surface area contributed by atoms with Gasteiger partial charge in [0.25, 0.3) is 5.91 Å². The number of amides is 2. The van der Waals surface area contributed by atoms with Gasteiger partial charge in [0.2, 0.25) is 5.91 Å². The van der Waals surface area contributed by atoms with Crippen molar-refractivity contribution in [3.05, 3.63) is 65.0 Å². The topological polar surface area (TPSA) is 114 Å². The average Bonchev–Trinajstić information content (AvgIpc) is 3.66. The third kappa shape index (κ3) is 7.79. The van der Waals surface area contributed by atoms with Crippen molar-refractivity contribution in [3.8, 4) is 5.75 Å². The molecule has 3 aromatic rings. The first kappa shape index (κ1) is 32.6. The number of likely N-dealkylation sites (tertiary alicyclic amines) is 1. The number of para-hydroxylation sites is 1. The van der Waals surface area contributed by atoms with Crippen molar-refractivity contribution >= 4 is 46.7 Å². The van der Waals surface area contributed by atoms with Gasteiger partial charge in [0.1, 0.15) is 18.3 Å². The highest BCUT2D eigenvalue weighted by molar-refractivity contribution is 7.58. The highest BCUT2D eigenvalue weighted by Gasteiger charge is 2.55. The minimum absolute atomic E-state index is 0.0732. The summed E-state index contributed by atoms with van der Waals surface area (Å²) < 4.78 is 56.9. The molecule has 1 aliphatic heterocycles. The number of halogens is 2. The SMILES string of the molecule is CCC[C@H](NC(=O)c1cc2cc(C(F)(F)P(=O)(NCC(=O)OC(C)C)Oc3ccccc3)ccc2s1)C(=O)N1CCCC1. The van der Waals surface area contributed by atoms with Crippen molar-refractivity contribution in [2.45, 2.75) is 64.3 Å². The van der Waals surface area contributed by atoms with E-state index in [1.165, 1.54) is 24.3 Å². The molecule has 0 bridgehead atoms. The van der Waals surface area contributed by atoms with E-state index in [0.29, 0.717) is 36.0 Å². The second-order valence-corrected chi connectivity index (χ2v) is 13.8. The van der Waals surface area contributed by atoms with E-state index in [1.807, 2.05) is 6.92 Å². The Morgan fingerprint density at radius 1 is 1.07 bits per heavy atom. The van der Waals surface area contributed by atoms with Crippen LogP contribution in [0.25, 0.3) is 10.1 Å². The van der Waals surface area contributed by atoms with Crippen LogP contribution >= 0.6 is 18.9 Å². The van der Waals surface area contributed by atoms with Crippen LogP contribution in [-0.2, 0) is 24.6 Å². The van der Waals surface area contributed by atoms with Gasteiger partial charge in [-0.05, 0) is 68.8 Å². The predicted octanol–water partition coefficient (Wildman–Crippen LogP) is 6.28. The van der Waals surface area contributed by atoms with Crippen LogP contribution < -0.4 is 14.9 Å². The van der Waals surface area contributed by atoms with Gasteiger partial charge in [0.05, 0.1) is 11.0 Å². The number of thiophene rings is 1. The number of carbonyl (C=O) groups is 3. The summed E-state index contributed by atoms with van der Waals surface area (Å²) in [5.74, 6) is -1.52. The first-order valence-electron chi connectivity index (χ1n) is 14.2. The summed E-state index contributed by atoms with van der Waals surface area (Å²) in [5.41, 5.74) is -4.70. The number of nitrogens with one attached hydrogen (secondary N) is 2. The van der Waals surface area contributed by atoms with Gasteiger partial charge < -0.3 is 19.5 Å². The zero-order valence-electron chi connectivity index (χ0n) is 24.3. The number of carbonyl (C=O) groups excluding carboxylic acids is 3. The van der Waals surface area contributed by atoms with Crippen LogP contribution in [0.4, 0.5) is 8.78 Å². The minimum Gasteiger partial charge on any atom is -0.462 e. The Hall–Kier alpha value is -3.34. The van der Waals surface area contributed by atoms with Gasteiger partial charge in [-0.2, -0.15) is 8.78 Å². The highest BCUT2D eigenvalue weighted by Crippen LogP contribution is 2.63. The molecule has 2 N–H and O–H groups in total. The Labute approximate surface area is 253 Å². The number of hydrogen-bond donors (Lipinski definition) is 2. The monoisotopic (exact) mass is 635 g/mol. The van der Waals surface area contributed by atoms with Crippen LogP contribution in [0.5, 0.6) is 5.75 Å². The number of fused-ring (bicyclic) bond motifs is 1. The lowest BCUT2D eigenvalue weighted by Gasteiger charge is -2.28. The molecular formula is C30H36F2N3O6PS. The van der Waals surface area contributed by atoms with Crippen molar-refractivity contribution in [1.29, 1.82) is 0 Å². The van der Waals surface area contributed by atoms with E-state index in [9.17, 15) is 18.9 Å². The summed E-state index contributed by atoms with van der Waals surface area (Å²) >= 11 is 1.10. The molecule has 232 valence electrons. The summed E-state index contributed by atoms with van der Waals surface area (Å²) in [6, 6.07) is 12.0. The fraction of sp³-hybridized carbons (Fsp3) is 0.433. The number of hydrogen-bond acceptors (Lipinski definition) is 7. The fourth-order valence-electron chi connectivity index (χ4n) is 4.74. The Morgan fingerprint density at radius 3 is 2.42 bits per heavy atom. The highest BCUT2D eigenvalue weighted by atomic mass is 32.1. The van der Waals surface area contributed by atoms with Gasteiger partial charge in [0, 0.05) is 23.4 Å². The van der Waals surface area contributed by atoms with Gasteiger partial charge in [-0.1, -0.05) is 37.6 Å². The van der Waals surface area contributed by atoms with Crippen LogP contribution in [0.1, 0.15) is 61.7 Å². The molecule has 2 aromatic carbocycles. The standard InChI is InChI=1S/C30H36F2N3O6PS/c1-4-10-24(29(38)35-15-8-9-16-35)34-28(37)26-18-21-17-22(13-14-25(21)43-26)30(31,32)42(39,33-19-27(36)40-20(2)3)41-23-11-6-5-7-12-23/h5-7,11-14,17-18,20,24H,4,8-10,15-16,19H2,1-3H3,(H,33,39)(H,34,37)/t24-,42?/m0/s1. The number of rotatable bonds is 13. The van der Waals surface area contributed by atoms with Crippen LogP contribution in [0.3, 0.4) is 0 Å². The summed E-state index contributed by atoms with van der Waals surface area (Å²) in [5, 5.41) is 5.29. The predicted molar refractivity (Wildman–Crippen MR) is 162 cm³/mol. The molecule has 9 nitrogen and oxygen atoms in total. The van der Waals surface area contributed by atoms with Crippen molar-refractivity contribution in [2.75, 3.05) is 19.6 Å². The molecule has 1 aliphatic rings. The molecule has 1 unspecified atom stereocenters. The second kappa shape index (κ2) is 14.0. The molecule has 1 fully saturated rings. The maximum atomic E-state index is 16.1. The van der Waals surface area contributed by atoms with Crippen LogP contribution in [0.15, 0.2) is 54.6 Å². The van der Waals surface area contributed by atoms with E-state index in [0.717, 1.165) is 36.3 Å². The van der Waals surface area contributed by atoms with Crippen LogP contribution in [-0.4, -0.2) is 54.5 Å². The molecular weight excluding hydrogens is 599 g/mol. The lowest BCUT2D eigenvalue weighted by molar-refractivity contribution is -0.146. The lowest BCUT2D eigenvalue weighted by Crippen LogP contribution is -2.47. The first-order chi connectivity index (χ1) is 20.4. The molecule has 0 spiro atoms. The van der Waals surface area contributed by atoms with E-state index in [2.05, 4.69) is 10.4 Å². The Balaban J connectivity index is 1.59. The number of esters is 1. The molecule has 2 atom stereocenters. The van der Waals surface area contributed by atoms with Crippen LogP contribution in [0, 0.1) is 0 Å². The van der Waals surface area contributed by atoms with E-state index >= 15 is 8.78 Å². The van der Waals surface area contributed by atoms with E-state index in [-0.39, 0.29) is 16.5 Å². The van der Waals surface area contributed by atoms with Crippen molar-refractivity contribution in [3.63, 3.8) is 0 Å². The molecule has 0 aliphatic carbocycles. The number of benzene rings is 2. The molecule has 43 heavy (non-hydrogen) atoms. The molecule has 1 saturated heterocycles. The molecule has 0 saturated carbocycles. The molecule has 1 aromatic heterocycles. The normalized spacial score (nSPS) is 15.7. The largest absolute Gasteiger partial charge is 0.462 e. The number of nitrogens with zero attached hydrogens (tertiary/aromatic N) is 1. The molecule has 0 radical (unpaired) electrons. The number of alkyl halides is 2. The molecule has 2 heterocycles. The Morgan fingerprint density at radius 2 is 1.77 bits per heavy atom. The lowest BCUT2D eigenvalue weighted by atomic mass is 10.1. The molecule has 2 amide bonds. The maximum Gasteiger partial charge on any atom is 0.390 e. The summed E-state index contributed by atoms with van der Waals surface area (Å²) in [6.45, 7) is 5.71. The van der Waals surface area contributed by atoms with Crippen molar-refractivity contribution < 1.29 is 37.0 Å². The van der Waals surface area contributed by atoms with Gasteiger partial charge in [0.15, 0.2) is 0 Å². The van der Waals surface area contributed by atoms with Gasteiger partial charge in [-0.25, -0.2) is 5.09 Å². The fourth-order valence-corrected chi connectivity index (χ4v) is 7.30. The quantitative estimate of drug-likeness (QED) is 0.168. The Kier molecular flexibility index (Phi) is 10.6. The number of ether oxygens (including phenoxy) is 1. The van der Waals surface area contributed by atoms with Crippen molar-refractivity contribution in [2.24, 2.45) is 0 Å². The van der Waals surface area contributed by atoms with E-state index in [4.69, 9.17) is 9.26 Å². The smallest absolute Gasteiger partial charge is 0.390 e. The third-order valence-electron chi connectivity index (χ3n) is 6.83. The minimum atomic E-state index is -5.10. The zero-order valence-corrected chi connectivity index (χ0v) is 26.0. The second-order valence-electron chi connectivity index (χ2n) is 10.6. The van der Waals surface area contributed by atoms with Gasteiger partial charge in [-0.3, -0.25) is 18.9 Å². The molecule has 13 heteroatoms. The summed E-state index contributed by atoms with van der Waals surface area (Å²) in [7, 11) is -5.10. The van der Waals surface area contributed by atoms with Crippen LogP contribution in [0.2, 0.25) is 0 Å². The molecule has 4 rings (SSSR count). The van der Waals surface area contributed by atoms with Gasteiger partial charge >= 0.3 is 19.2 Å². The Bertz CT molecular complexity index is 1490. The van der Waals surface area contributed by atoms with Gasteiger partial charge in [-0.15, -0.1) is 11.3 Å². The average molecular weight is 636 g/mol. The van der Waals surface area contributed by atoms with E-state index < -0.39 is 49.3 Å². The maximum absolute atomic E-state index is 16.1. The third-order valence-corrected chi connectivity index (χ3v) is 9.99. The van der Waals surface area contributed by atoms with Crippen molar-refractivity contribution in [1.82, 2.24) is 15.3 Å². The first-order valence-corrected chi connectivity index (χ1v) is 16.7.